The summed E-state index contributed by atoms with van der Waals surface area (Å²) in [4.78, 5) is 17.1. The van der Waals surface area contributed by atoms with Gasteiger partial charge in [-0.1, -0.05) is 47.6 Å². The van der Waals surface area contributed by atoms with E-state index in [1.807, 2.05) is 6.07 Å². The lowest BCUT2D eigenvalue weighted by Gasteiger charge is -2.25. The van der Waals surface area contributed by atoms with E-state index in [0.29, 0.717) is 22.7 Å². The molecule has 0 saturated heterocycles. The lowest BCUT2D eigenvalue weighted by atomic mass is 10.1. The maximum atomic E-state index is 12.8. The third-order valence-electron chi connectivity index (χ3n) is 4.46. The van der Waals surface area contributed by atoms with E-state index in [-0.39, 0.29) is 12.4 Å². The Bertz CT molecular complexity index is 1110. The molecule has 30 heavy (non-hydrogen) atoms. The second-order valence-corrected chi connectivity index (χ2v) is 8.60. The van der Waals surface area contributed by atoms with Gasteiger partial charge in [0, 0.05) is 12.6 Å². The van der Waals surface area contributed by atoms with Gasteiger partial charge in [0.1, 0.15) is 11.8 Å². The van der Waals surface area contributed by atoms with Crippen LogP contribution >= 0.6 is 0 Å². The number of amides is 1. The summed E-state index contributed by atoms with van der Waals surface area (Å²) >= 11 is 0. The standard InChI is InChI=1S/C20H22N4O5S/c1-24(30(3,26)27)18(14-8-5-4-6-9-14)20(25)21-13-17-22-19(23-29-17)15-10-7-11-16(12-15)28-2/h4-12,18H,13H2,1-3H3,(H,21,25). The summed E-state index contributed by atoms with van der Waals surface area (Å²) in [6.45, 7) is -0.0449. The number of rotatable bonds is 8. The summed E-state index contributed by atoms with van der Waals surface area (Å²) in [5.74, 6) is 0.693. The minimum Gasteiger partial charge on any atom is -0.497 e. The number of hydrogen-bond acceptors (Lipinski definition) is 7. The second kappa shape index (κ2) is 9.06. The largest absolute Gasteiger partial charge is 0.497 e. The molecule has 3 rings (SSSR count). The Balaban J connectivity index is 1.75. The summed E-state index contributed by atoms with van der Waals surface area (Å²) in [6.07, 6.45) is 1.05. The Morgan fingerprint density at radius 1 is 1.20 bits per heavy atom. The first-order valence-electron chi connectivity index (χ1n) is 9.02. The highest BCUT2D eigenvalue weighted by Crippen LogP contribution is 2.23. The van der Waals surface area contributed by atoms with Crippen LogP contribution in [-0.2, 0) is 21.4 Å². The molecule has 1 atom stereocenters. The Hall–Kier alpha value is -3.24. The molecule has 0 aliphatic carbocycles. The number of likely N-dealkylation sites (N-methyl/N-ethyl adjacent to an activating group) is 1. The van der Waals surface area contributed by atoms with Crippen LogP contribution in [-0.4, -0.2) is 49.2 Å². The molecule has 0 radical (unpaired) electrons. The topological polar surface area (TPSA) is 115 Å². The number of nitrogens with one attached hydrogen (secondary N) is 1. The van der Waals surface area contributed by atoms with Crippen LogP contribution in [0.4, 0.5) is 0 Å². The fourth-order valence-electron chi connectivity index (χ4n) is 2.82. The van der Waals surface area contributed by atoms with E-state index >= 15 is 0 Å². The number of nitrogens with zero attached hydrogens (tertiary/aromatic N) is 3. The van der Waals surface area contributed by atoms with Crippen molar-refractivity contribution >= 4 is 15.9 Å². The van der Waals surface area contributed by atoms with Gasteiger partial charge in [-0.25, -0.2) is 8.42 Å². The third-order valence-corrected chi connectivity index (χ3v) is 5.72. The summed E-state index contributed by atoms with van der Waals surface area (Å²) < 4.78 is 35.5. The van der Waals surface area contributed by atoms with Crippen LogP contribution in [0.5, 0.6) is 5.75 Å². The predicted molar refractivity (Wildman–Crippen MR) is 110 cm³/mol. The monoisotopic (exact) mass is 430 g/mol. The summed E-state index contributed by atoms with van der Waals surface area (Å²) in [7, 11) is -0.684. The fraction of sp³-hybridized carbons (Fsp3) is 0.250. The van der Waals surface area contributed by atoms with E-state index in [1.165, 1.54) is 7.05 Å². The van der Waals surface area contributed by atoms with Crippen molar-refractivity contribution in [1.82, 2.24) is 19.8 Å². The minimum atomic E-state index is -3.61. The number of benzene rings is 2. The van der Waals surface area contributed by atoms with Gasteiger partial charge in [-0.2, -0.15) is 9.29 Å². The highest BCUT2D eigenvalue weighted by atomic mass is 32.2. The van der Waals surface area contributed by atoms with Crippen molar-refractivity contribution < 1.29 is 22.5 Å². The van der Waals surface area contributed by atoms with Crippen molar-refractivity contribution in [2.45, 2.75) is 12.6 Å². The molecule has 1 amide bonds. The molecule has 158 valence electrons. The van der Waals surface area contributed by atoms with Crippen molar-refractivity contribution in [3.8, 4) is 17.1 Å². The van der Waals surface area contributed by atoms with Crippen LogP contribution in [0.25, 0.3) is 11.4 Å². The zero-order valence-electron chi connectivity index (χ0n) is 16.8. The lowest BCUT2D eigenvalue weighted by molar-refractivity contribution is -0.125. The second-order valence-electron chi connectivity index (χ2n) is 6.55. The molecule has 0 aliphatic rings. The fourth-order valence-corrected chi connectivity index (χ4v) is 3.42. The van der Waals surface area contributed by atoms with Crippen molar-refractivity contribution in [2.75, 3.05) is 20.4 Å². The van der Waals surface area contributed by atoms with Gasteiger partial charge in [0.15, 0.2) is 0 Å². The molecule has 1 aromatic heterocycles. The predicted octanol–water partition coefficient (Wildman–Crippen LogP) is 1.99. The number of aromatic nitrogens is 2. The Labute approximate surface area is 174 Å². The molecule has 1 heterocycles. The van der Waals surface area contributed by atoms with E-state index in [0.717, 1.165) is 10.6 Å². The molecule has 2 aromatic carbocycles. The number of hydrogen-bond donors (Lipinski definition) is 1. The molecule has 1 unspecified atom stereocenters. The van der Waals surface area contributed by atoms with Crippen LogP contribution in [0.2, 0.25) is 0 Å². The molecule has 1 N–H and O–H groups in total. The van der Waals surface area contributed by atoms with E-state index in [2.05, 4.69) is 15.5 Å². The average Bonchev–Trinajstić information content (AvgIpc) is 3.22. The van der Waals surface area contributed by atoms with Crippen molar-refractivity contribution in [1.29, 1.82) is 0 Å². The molecule has 9 nitrogen and oxygen atoms in total. The summed E-state index contributed by atoms with van der Waals surface area (Å²) in [6, 6.07) is 14.8. The van der Waals surface area contributed by atoms with E-state index in [9.17, 15) is 13.2 Å². The maximum Gasteiger partial charge on any atom is 0.246 e. The molecule has 10 heteroatoms. The normalized spacial score (nSPS) is 12.5. The highest BCUT2D eigenvalue weighted by Gasteiger charge is 2.30. The smallest absolute Gasteiger partial charge is 0.246 e. The van der Waals surface area contributed by atoms with Gasteiger partial charge in [-0.05, 0) is 17.7 Å². The summed E-state index contributed by atoms with van der Waals surface area (Å²) in [5.41, 5.74) is 1.25. The van der Waals surface area contributed by atoms with Crippen LogP contribution in [0.15, 0.2) is 59.1 Å². The van der Waals surface area contributed by atoms with Gasteiger partial charge in [-0.15, -0.1) is 0 Å². The zero-order chi connectivity index (χ0) is 21.7. The minimum absolute atomic E-state index is 0.0449. The van der Waals surface area contributed by atoms with Gasteiger partial charge >= 0.3 is 0 Å². The van der Waals surface area contributed by atoms with E-state index in [1.54, 1.807) is 55.6 Å². The first-order valence-corrected chi connectivity index (χ1v) is 10.9. The SMILES string of the molecule is COc1cccc(-c2noc(CNC(=O)C(c3ccccc3)N(C)S(C)(=O)=O)n2)c1. The molecule has 0 spiro atoms. The van der Waals surface area contributed by atoms with Crippen molar-refractivity contribution in [3.63, 3.8) is 0 Å². The van der Waals surface area contributed by atoms with Crippen molar-refractivity contribution in [3.05, 3.63) is 66.1 Å². The van der Waals surface area contributed by atoms with Crippen LogP contribution in [0, 0.1) is 0 Å². The van der Waals surface area contributed by atoms with Crippen molar-refractivity contribution in [2.24, 2.45) is 0 Å². The van der Waals surface area contributed by atoms with E-state index < -0.39 is 22.0 Å². The number of sulfonamides is 1. The number of carbonyl (C=O) groups is 1. The maximum absolute atomic E-state index is 12.8. The van der Waals surface area contributed by atoms with Crippen LogP contribution in [0.3, 0.4) is 0 Å². The number of ether oxygens (including phenoxy) is 1. The van der Waals surface area contributed by atoms with Gasteiger partial charge in [0.05, 0.1) is 19.9 Å². The third kappa shape index (κ3) is 5.02. The Kier molecular flexibility index (Phi) is 6.48. The van der Waals surface area contributed by atoms with Gasteiger partial charge in [-0.3, -0.25) is 4.79 Å². The Morgan fingerprint density at radius 3 is 2.60 bits per heavy atom. The Morgan fingerprint density at radius 2 is 1.93 bits per heavy atom. The zero-order valence-corrected chi connectivity index (χ0v) is 17.6. The van der Waals surface area contributed by atoms with Gasteiger partial charge in [0.2, 0.25) is 27.6 Å². The average molecular weight is 430 g/mol. The summed E-state index contributed by atoms with van der Waals surface area (Å²) in [5, 5.41) is 6.59. The lowest BCUT2D eigenvalue weighted by Crippen LogP contribution is -2.41. The molecule has 3 aromatic rings. The highest BCUT2D eigenvalue weighted by molar-refractivity contribution is 7.88. The quantitative estimate of drug-likeness (QED) is 0.581. The van der Waals surface area contributed by atoms with Gasteiger partial charge < -0.3 is 14.6 Å². The van der Waals surface area contributed by atoms with Crippen LogP contribution in [0.1, 0.15) is 17.5 Å². The van der Waals surface area contributed by atoms with Crippen LogP contribution < -0.4 is 10.1 Å². The molecule has 0 saturated carbocycles. The molecule has 0 aliphatic heterocycles. The number of methoxy groups -OCH3 is 1. The number of carbonyl (C=O) groups excluding carboxylic acids is 1. The molecule has 0 fully saturated rings. The molecule has 0 bridgehead atoms. The van der Waals surface area contributed by atoms with E-state index in [4.69, 9.17) is 9.26 Å². The first-order chi connectivity index (χ1) is 14.3. The molecular weight excluding hydrogens is 408 g/mol. The first kappa shape index (κ1) is 21.5. The van der Waals surface area contributed by atoms with Gasteiger partial charge in [0.25, 0.3) is 0 Å². The molecular formula is C20H22N4O5S.